The Hall–Kier alpha value is -1.25. The van der Waals surface area contributed by atoms with Crippen molar-refractivity contribution in [1.29, 1.82) is 0 Å². The minimum Gasteiger partial charge on any atom is -0.433 e. The summed E-state index contributed by atoms with van der Waals surface area (Å²) in [6.45, 7) is 2.80. The van der Waals surface area contributed by atoms with Gasteiger partial charge in [-0.25, -0.2) is 0 Å². The lowest BCUT2D eigenvalue weighted by molar-refractivity contribution is -0.292. The zero-order chi connectivity index (χ0) is 22.4. The van der Waals surface area contributed by atoms with Crippen LogP contribution in [-0.2, 0) is 23.7 Å². The molecule has 30 heavy (non-hydrogen) atoms. The summed E-state index contributed by atoms with van der Waals surface area (Å²) < 4.78 is 21.3. The Morgan fingerprint density at radius 1 is 1.13 bits per heavy atom. The Morgan fingerprint density at radius 2 is 1.83 bits per heavy atom. The van der Waals surface area contributed by atoms with E-state index in [1.807, 2.05) is 0 Å². The van der Waals surface area contributed by atoms with Gasteiger partial charge in [0.15, 0.2) is 6.29 Å². The Morgan fingerprint density at radius 3 is 2.47 bits per heavy atom. The van der Waals surface area contributed by atoms with Crippen molar-refractivity contribution in [2.45, 2.75) is 101 Å². The highest BCUT2D eigenvalue weighted by atomic mass is 16.7. The summed E-state index contributed by atoms with van der Waals surface area (Å²) in [4.78, 5) is 22.7. The molecule has 2 fully saturated rings. The number of nitroso groups, excluding NO2 is 1. The summed E-state index contributed by atoms with van der Waals surface area (Å²) in [5.74, 6) is -0.700. The van der Waals surface area contributed by atoms with E-state index in [1.165, 1.54) is 0 Å². The summed E-state index contributed by atoms with van der Waals surface area (Å²) in [6.07, 6.45) is -9.29. The lowest BCUT2D eigenvalue weighted by Crippen LogP contribution is -2.59. The van der Waals surface area contributed by atoms with Crippen LogP contribution in [0.4, 0.5) is 0 Å². The van der Waals surface area contributed by atoms with E-state index in [0.29, 0.717) is 12.8 Å². The van der Waals surface area contributed by atoms with Gasteiger partial charge in [-0.15, -0.1) is 0 Å². The Bertz CT molecular complexity index is 562. The maximum absolute atomic E-state index is 12.0. The molecule has 5 N–H and O–H groups in total. The van der Waals surface area contributed by atoms with E-state index in [0.717, 1.165) is 0 Å². The molecule has 174 valence electrons. The van der Waals surface area contributed by atoms with Gasteiger partial charge in [0.2, 0.25) is 6.29 Å². The first-order valence-electron chi connectivity index (χ1n) is 9.99. The summed E-state index contributed by atoms with van der Waals surface area (Å²) in [7, 11) is 0. The number of ether oxygens (including phenoxy) is 4. The quantitative estimate of drug-likeness (QED) is 0.210. The van der Waals surface area contributed by atoms with Crippen LogP contribution in [0.5, 0.6) is 0 Å². The van der Waals surface area contributed by atoms with Crippen molar-refractivity contribution in [3.63, 3.8) is 0 Å². The molecule has 2 aliphatic rings. The SMILES string of the molecule is CC1O[C@@H](O[C@H](C)CCCC(=O)O[C@@H]2OC(CO)[C@@H](O)[C@@H](O)C2O)[C@@H](O)C[C@H]1N=O. The highest BCUT2D eigenvalue weighted by Gasteiger charge is 2.45. The number of nitrogens with zero attached hydrogens (tertiary/aromatic N) is 1. The molecule has 12 nitrogen and oxygen atoms in total. The van der Waals surface area contributed by atoms with Crippen molar-refractivity contribution in [1.82, 2.24) is 0 Å². The largest absolute Gasteiger partial charge is 0.433 e. The number of hydrogen-bond donors (Lipinski definition) is 5. The summed E-state index contributed by atoms with van der Waals surface area (Å²) >= 11 is 0. The van der Waals surface area contributed by atoms with Crippen molar-refractivity contribution in [2.75, 3.05) is 6.61 Å². The van der Waals surface area contributed by atoms with Crippen LogP contribution in [0.3, 0.4) is 0 Å². The number of hydrogen-bond acceptors (Lipinski definition) is 12. The monoisotopic (exact) mass is 437 g/mol. The van der Waals surface area contributed by atoms with Gasteiger partial charge in [0.1, 0.15) is 36.6 Å². The molecule has 3 unspecified atom stereocenters. The number of aliphatic hydroxyl groups is 5. The van der Waals surface area contributed by atoms with Gasteiger partial charge in [0.25, 0.3) is 0 Å². The molecule has 2 rings (SSSR count). The maximum Gasteiger partial charge on any atom is 0.308 e. The smallest absolute Gasteiger partial charge is 0.308 e. The van der Waals surface area contributed by atoms with Gasteiger partial charge >= 0.3 is 5.97 Å². The number of aliphatic hydroxyl groups excluding tert-OH is 5. The van der Waals surface area contributed by atoms with E-state index in [9.17, 15) is 30.1 Å². The van der Waals surface area contributed by atoms with Crippen LogP contribution in [0.2, 0.25) is 0 Å². The average Bonchev–Trinajstić information content (AvgIpc) is 2.70. The Kier molecular flexibility index (Phi) is 9.50. The second-order valence-corrected chi connectivity index (χ2v) is 7.71. The topological polar surface area (TPSA) is 185 Å². The minimum absolute atomic E-state index is 0.0374. The van der Waals surface area contributed by atoms with E-state index in [4.69, 9.17) is 24.1 Å². The zero-order valence-corrected chi connectivity index (χ0v) is 16.9. The molecule has 0 saturated carbocycles. The fourth-order valence-corrected chi connectivity index (χ4v) is 3.38. The molecule has 0 spiro atoms. The van der Waals surface area contributed by atoms with Crippen molar-refractivity contribution < 1.29 is 49.3 Å². The van der Waals surface area contributed by atoms with Crippen LogP contribution in [0.1, 0.15) is 39.5 Å². The molecule has 0 bridgehead atoms. The second-order valence-electron chi connectivity index (χ2n) is 7.71. The maximum atomic E-state index is 12.0. The van der Waals surface area contributed by atoms with Crippen molar-refractivity contribution in [3.8, 4) is 0 Å². The molecular formula is C18H31NO11. The first-order valence-corrected chi connectivity index (χ1v) is 9.99. The van der Waals surface area contributed by atoms with E-state index in [1.54, 1.807) is 13.8 Å². The third-order valence-corrected chi connectivity index (χ3v) is 5.28. The van der Waals surface area contributed by atoms with Crippen LogP contribution in [0, 0.1) is 4.91 Å². The highest BCUT2D eigenvalue weighted by molar-refractivity contribution is 5.69. The van der Waals surface area contributed by atoms with Gasteiger partial charge in [-0.3, -0.25) is 4.79 Å². The van der Waals surface area contributed by atoms with Crippen LogP contribution in [0.15, 0.2) is 5.18 Å². The van der Waals surface area contributed by atoms with Gasteiger partial charge in [0, 0.05) is 12.8 Å². The van der Waals surface area contributed by atoms with Gasteiger partial charge in [-0.2, -0.15) is 4.91 Å². The van der Waals surface area contributed by atoms with Gasteiger partial charge in [0.05, 0.1) is 18.8 Å². The first kappa shape index (κ1) is 25.0. The van der Waals surface area contributed by atoms with Crippen LogP contribution in [-0.4, -0.2) is 99.5 Å². The second kappa shape index (κ2) is 11.4. The third kappa shape index (κ3) is 6.37. The highest BCUT2D eigenvalue weighted by Crippen LogP contribution is 2.25. The Labute approximate surface area is 173 Å². The van der Waals surface area contributed by atoms with Crippen LogP contribution in [0.25, 0.3) is 0 Å². The van der Waals surface area contributed by atoms with Crippen molar-refractivity contribution in [2.24, 2.45) is 5.18 Å². The molecule has 0 amide bonds. The lowest BCUT2D eigenvalue weighted by atomic mass is 9.99. The number of rotatable bonds is 9. The van der Waals surface area contributed by atoms with Crippen molar-refractivity contribution in [3.05, 3.63) is 4.91 Å². The number of carbonyl (C=O) groups excluding carboxylic acids is 1. The fraction of sp³-hybridized carbons (Fsp3) is 0.944. The average molecular weight is 437 g/mol. The van der Waals surface area contributed by atoms with Crippen molar-refractivity contribution >= 4 is 5.97 Å². The van der Waals surface area contributed by atoms with Gasteiger partial charge < -0.3 is 44.5 Å². The number of carbonyl (C=O) groups is 1. The van der Waals surface area contributed by atoms with Gasteiger partial charge in [-0.1, -0.05) is 5.18 Å². The molecule has 2 aliphatic heterocycles. The van der Waals surface area contributed by atoms with Gasteiger partial charge in [-0.05, 0) is 26.7 Å². The molecule has 12 heteroatoms. The minimum atomic E-state index is -1.65. The van der Waals surface area contributed by atoms with Crippen LogP contribution >= 0.6 is 0 Å². The van der Waals surface area contributed by atoms with E-state index >= 15 is 0 Å². The predicted molar refractivity (Wildman–Crippen MR) is 98.8 cm³/mol. The molecule has 0 aromatic heterocycles. The molecular weight excluding hydrogens is 406 g/mol. The predicted octanol–water partition coefficient (Wildman–Crippen LogP) is -1.46. The van der Waals surface area contributed by atoms with E-state index < -0.39 is 67.8 Å². The molecule has 0 aliphatic carbocycles. The molecule has 0 radical (unpaired) electrons. The first-order chi connectivity index (χ1) is 14.2. The summed E-state index contributed by atoms with van der Waals surface area (Å²) in [6, 6.07) is -0.632. The molecule has 2 heterocycles. The summed E-state index contributed by atoms with van der Waals surface area (Å²) in [5, 5.41) is 51.4. The standard InChI is InChI=1S/C18H31NO11/c1-8(27-17-11(21)6-10(19-26)9(2)28-17)4-3-5-13(22)30-18-16(25)15(24)14(23)12(7-20)29-18/h8-12,14-18,20-21,23-25H,3-7H2,1-2H3/t8-,9?,10-,11+,12?,14-,15-,16?,17-,18+/m1/s1. The molecule has 0 aromatic carbocycles. The van der Waals surface area contributed by atoms with Crippen LogP contribution < -0.4 is 0 Å². The fourth-order valence-electron chi connectivity index (χ4n) is 3.38. The molecule has 10 atom stereocenters. The zero-order valence-electron chi connectivity index (χ0n) is 16.9. The third-order valence-electron chi connectivity index (χ3n) is 5.28. The Balaban J connectivity index is 1.72. The number of esters is 1. The molecule has 0 aromatic rings. The van der Waals surface area contributed by atoms with E-state index in [2.05, 4.69) is 5.18 Å². The lowest BCUT2D eigenvalue weighted by Gasteiger charge is -2.39. The summed E-state index contributed by atoms with van der Waals surface area (Å²) in [5.41, 5.74) is 0. The normalized spacial score (nSPS) is 40.6. The molecule has 2 saturated heterocycles. The van der Waals surface area contributed by atoms with E-state index in [-0.39, 0.29) is 18.9 Å².